The van der Waals surface area contributed by atoms with Crippen LogP contribution in [0.15, 0.2) is 52.4 Å². The maximum Gasteiger partial charge on any atom is 0.262 e. The van der Waals surface area contributed by atoms with Gasteiger partial charge in [0.2, 0.25) is 5.95 Å². The molecule has 2 aromatic carbocycles. The quantitative estimate of drug-likeness (QED) is 0.383. The first-order valence-electron chi connectivity index (χ1n) is 8.75. The number of rotatable bonds is 7. The van der Waals surface area contributed by atoms with Crippen molar-refractivity contribution in [3.63, 3.8) is 0 Å². The van der Waals surface area contributed by atoms with Gasteiger partial charge in [0.25, 0.3) is 5.56 Å². The summed E-state index contributed by atoms with van der Waals surface area (Å²) in [5, 5.41) is 4.70. The number of hydrogen-bond donors (Lipinski definition) is 1. The van der Waals surface area contributed by atoms with E-state index in [0.717, 1.165) is 12.1 Å². The van der Waals surface area contributed by atoms with Gasteiger partial charge in [-0.3, -0.25) is 9.36 Å². The minimum atomic E-state index is -0.952. The van der Waals surface area contributed by atoms with Gasteiger partial charge in [-0.1, -0.05) is 12.1 Å². The molecule has 6 nitrogen and oxygen atoms in total. The molecule has 3 rings (SSSR count). The Bertz CT molecular complexity index is 1080. The smallest absolute Gasteiger partial charge is 0.262 e. The molecule has 0 radical (unpaired) electrons. The van der Waals surface area contributed by atoms with Gasteiger partial charge >= 0.3 is 0 Å². The third kappa shape index (κ3) is 4.23. The Hall–Kier alpha value is -3.13. The van der Waals surface area contributed by atoms with Crippen molar-refractivity contribution in [2.45, 2.75) is 19.9 Å². The molecule has 0 saturated heterocycles. The molecule has 28 heavy (non-hydrogen) atoms. The first kappa shape index (κ1) is 19.6. The van der Waals surface area contributed by atoms with Crippen molar-refractivity contribution >= 4 is 22.6 Å². The largest absolute Gasteiger partial charge is 0.385 e. The highest BCUT2D eigenvalue weighted by Crippen LogP contribution is 2.13. The van der Waals surface area contributed by atoms with Gasteiger partial charge in [-0.15, -0.1) is 0 Å². The van der Waals surface area contributed by atoms with E-state index in [4.69, 9.17) is 4.74 Å². The molecule has 0 fully saturated rings. The number of benzene rings is 2. The summed E-state index contributed by atoms with van der Waals surface area (Å²) >= 11 is 0. The minimum Gasteiger partial charge on any atom is -0.385 e. The number of methoxy groups -OCH3 is 1. The number of halogens is 2. The van der Waals surface area contributed by atoms with Gasteiger partial charge in [-0.25, -0.2) is 19.2 Å². The molecule has 0 spiro atoms. The van der Waals surface area contributed by atoms with Gasteiger partial charge in [0.1, 0.15) is 0 Å². The third-order valence-corrected chi connectivity index (χ3v) is 4.25. The molecule has 0 aliphatic carbocycles. The van der Waals surface area contributed by atoms with Crippen LogP contribution in [0.1, 0.15) is 18.9 Å². The van der Waals surface area contributed by atoms with Crippen LogP contribution in [0.3, 0.4) is 0 Å². The second-order valence-electron chi connectivity index (χ2n) is 6.19. The van der Waals surface area contributed by atoms with Gasteiger partial charge in [0.05, 0.1) is 16.6 Å². The highest BCUT2D eigenvalue weighted by Gasteiger charge is 2.11. The lowest BCUT2D eigenvalue weighted by molar-refractivity contribution is 0.190. The summed E-state index contributed by atoms with van der Waals surface area (Å²) in [5.41, 5.74) is 3.98. The maximum atomic E-state index is 13.4. The number of nitrogens with zero attached hydrogens (tertiary/aromatic N) is 3. The van der Waals surface area contributed by atoms with Crippen LogP contribution in [0, 0.1) is 11.6 Å². The van der Waals surface area contributed by atoms with E-state index in [1.807, 2.05) is 0 Å². The molecule has 0 bridgehead atoms. The Kier molecular flexibility index (Phi) is 6.10. The Balaban J connectivity index is 1.97. The summed E-state index contributed by atoms with van der Waals surface area (Å²) in [5.74, 6) is -1.61. The molecule has 0 aliphatic heterocycles. The summed E-state index contributed by atoms with van der Waals surface area (Å²) in [6.07, 6.45) is 0.622. The number of hydrazone groups is 1. The molecule has 1 aromatic heterocycles. The normalized spacial score (nSPS) is 11.8. The zero-order chi connectivity index (χ0) is 20.1. The highest BCUT2D eigenvalue weighted by molar-refractivity contribution is 5.99. The van der Waals surface area contributed by atoms with Crippen LogP contribution in [0.2, 0.25) is 0 Å². The standard InChI is InChI=1S/C20H20F2N4O2/c1-13(14-8-9-16(21)17(22)12-14)24-25-20-23-18-7-4-3-6-15(18)19(27)26(20)10-5-11-28-2/h3-4,6-9,12H,5,10-11H2,1-2H3,(H,23,25)/b24-13-. The van der Waals surface area contributed by atoms with Crippen molar-refractivity contribution in [2.24, 2.45) is 5.10 Å². The fourth-order valence-corrected chi connectivity index (χ4v) is 2.75. The summed E-state index contributed by atoms with van der Waals surface area (Å²) in [7, 11) is 1.59. The van der Waals surface area contributed by atoms with Gasteiger partial charge in [-0.05, 0) is 43.7 Å². The van der Waals surface area contributed by atoms with Crippen LogP contribution in [-0.4, -0.2) is 29.0 Å². The molecule has 0 aliphatic rings. The van der Waals surface area contributed by atoms with Gasteiger partial charge in [-0.2, -0.15) is 5.10 Å². The zero-order valence-electron chi connectivity index (χ0n) is 15.6. The van der Waals surface area contributed by atoms with E-state index in [1.165, 1.54) is 10.6 Å². The SMILES string of the molecule is COCCCn1c(N/N=C(/C)c2ccc(F)c(F)c2)nc2ccccc2c1=O. The Morgan fingerprint density at radius 2 is 2.00 bits per heavy atom. The van der Waals surface area contributed by atoms with E-state index in [0.29, 0.717) is 41.8 Å². The number of nitrogens with one attached hydrogen (secondary N) is 1. The van der Waals surface area contributed by atoms with Crippen LogP contribution in [0.25, 0.3) is 10.9 Å². The lowest BCUT2D eigenvalue weighted by Gasteiger charge is -2.13. The van der Waals surface area contributed by atoms with Gasteiger partial charge < -0.3 is 4.74 Å². The van der Waals surface area contributed by atoms with Crippen molar-refractivity contribution in [1.29, 1.82) is 0 Å². The summed E-state index contributed by atoms with van der Waals surface area (Å²) < 4.78 is 33.1. The molecule has 0 saturated carbocycles. The number of hydrogen-bond acceptors (Lipinski definition) is 5. The fraction of sp³-hybridized carbons (Fsp3) is 0.250. The van der Waals surface area contributed by atoms with E-state index in [1.54, 1.807) is 38.3 Å². The average Bonchev–Trinajstić information content (AvgIpc) is 2.70. The van der Waals surface area contributed by atoms with E-state index in [2.05, 4.69) is 15.5 Å². The van der Waals surface area contributed by atoms with E-state index in [-0.39, 0.29) is 11.5 Å². The Morgan fingerprint density at radius 3 is 2.75 bits per heavy atom. The van der Waals surface area contributed by atoms with Crippen LogP contribution in [0.4, 0.5) is 14.7 Å². The molecule has 0 unspecified atom stereocenters. The third-order valence-electron chi connectivity index (χ3n) is 4.25. The highest BCUT2D eigenvalue weighted by atomic mass is 19.2. The first-order valence-corrected chi connectivity index (χ1v) is 8.75. The van der Waals surface area contributed by atoms with Crippen LogP contribution in [0.5, 0.6) is 0 Å². The second-order valence-corrected chi connectivity index (χ2v) is 6.19. The minimum absolute atomic E-state index is 0.190. The zero-order valence-corrected chi connectivity index (χ0v) is 15.6. The number of aromatic nitrogens is 2. The molecule has 3 aromatic rings. The van der Waals surface area contributed by atoms with Crippen LogP contribution >= 0.6 is 0 Å². The summed E-state index contributed by atoms with van der Waals surface area (Å²) in [4.78, 5) is 17.3. The molecule has 8 heteroatoms. The van der Waals surface area contributed by atoms with E-state index in [9.17, 15) is 13.6 Å². The van der Waals surface area contributed by atoms with Crippen molar-refractivity contribution in [3.05, 3.63) is 70.0 Å². The predicted octanol–water partition coefficient (Wildman–Crippen LogP) is 3.55. The second kappa shape index (κ2) is 8.71. The van der Waals surface area contributed by atoms with E-state index < -0.39 is 11.6 Å². The molecule has 0 atom stereocenters. The Morgan fingerprint density at radius 1 is 1.21 bits per heavy atom. The van der Waals surface area contributed by atoms with Crippen molar-refractivity contribution in [2.75, 3.05) is 19.1 Å². The molecule has 1 N–H and O–H groups in total. The Labute approximate surface area is 160 Å². The predicted molar refractivity (Wildman–Crippen MR) is 105 cm³/mol. The monoisotopic (exact) mass is 386 g/mol. The molecule has 0 amide bonds. The lowest BCUT2D eigenvalue weighted by Crippen LogP contribution is -2.25. The summed E-state index contributed by atoms with van der Waals surface area (Å²) in [6.45, 7) is 2.54. The number of fused-ring (bicyclic) bond motifs is 1. The first-order chi connectivity index (χ1) is 13.5. The van der Waals surface area contributed by atoms with Gasteiger partial charge in [0, 0.05) is 25.8 Å². The molecule has 1 heterocycles. The van der Waals surface area contributed by atoms with E-state index >= 15 is 0 Å². The van der Waals surface area contributed by atoms with Crippen LogP contribution < -0.4 is 11.0 Å². The topological polar surface area (TPSA) is 68.5 Å². The average molecular weight is 386 g/mol. The number of ether oxygens (including phenoxy) is 1. The maximum absolute atomic E-state index is 13.4. The lowest BCUT2D eigenvalue weighted by atomic mass is 10.1. The van der Waals surface area contributed by atoms with Crippen molar-refractivity contribution in [1.82, 2.24) is 9.55 Å². The van der Waals surface area contributed by atoms with Crippen molar-refractivity contribution < 1.29 is 13.5 Å². The van der Waals surface area contributed by atoms with Gasteiger partial charge in [0.15, 0.2) is 11.6 Å². The number of anilines is 1. The summed E-state index contributed by atoms with van der Waals surface area (Å²) in [6, 6.07) is 10.6. The molecule has 146 valence electrons. The molecular formula is C20H20F2N4O2. The number of para-hydroxylation sites is 1. The fourth-order valence-electron chi connectivity index (χ4n) is 2.75. The molecular weight excluding hydrogens is 366 g/mol. The van der Waals surface area contributed by atoms with Crippen LogP contribution in [-0.2, 0) is 11.3 Å². The van der Waals surface area contributed by atoms with Crippen molar-refractivity contribution in [3.8, 4) is 0 Å².